The number of carbonyl (C=O) groups is 1. The van der Waals surface area contributed by atoms with E-state index in [0.29, 0.717) is 24.5 Å². The van der Waals surface area contributed by atoms with Crippen molar-refractivity contribution in [1.29, 1.82) is 0 Å². The molecular formula is C15H20N4O3. The zero-order valence-electron chi connectivity index (χ0n) is 13.2. The minimum Gasteiger partial charge on any atom is -0.383 e. The summed E-state index contributed by atoms with van der Waals surface area (Å²) in [6.45, 7) is 4.41. The van der Waals surface area contributed by atoms with E-state index in [-0.39, 0.29) is 11.1 Å². The van der Waals surface area contributed by atoms with Crippen molar-refractivity contribution in [3.8, 4) is 0 Å². The molecule has 0 unspecified atom stereocenters. The number of hydrogen-bond donors (Lipinski definition) is 1. The van der Waals surface area contributed by atoms with Crippen LogP contribution in [0.3, 0.4) is 0 Å². The Morgan fingerprint density at radius 3 is 2.73 bits per heavy atom. The Kier molecular flexibility index (Phi) is 4.77. The van der Waals surface area contributed by atoms with E-state index in [1.54, 1.807) is 42.6 Å². The molecule has 7 nitrogen and oxygen atoms in total. The quantitative estimate of drug-likeness (QED) is 0.897. The lowest BCUT2D eigenvalue weighted by Crippen LogP contribution is -2.32. The number of nitrogens with one attached hydrogen (secondary N) is 1. The molecule has 2 rings (SSSR count). The highest BCUT2D eigenvalue weighted by molar-refractivity contribution is 6.04. The summed E-state index contributed by atoms with van der Waals surface area (Å²) in [4.78, 5) is 25.0. The normalized spacial score (nSPS) is 10.7. The molecule has 0 saturated carbocycles. The number of rotatable bonds is 5. The van der Waals surface area contributed by atoms with Crippen LogP contribution in [0, 0.1) is 13.8 Å². The highest BCUT2D eigenvalue weighted by atomic mass is 16.5. The largest absolute Gasteiger partial charge is 0.383 e. The summed E-state index contributed by atoms with van der Waals surface area (Å²) < 4.78 is 8.14. The number of amides is 1. The zero-order valence-corrected chi connectivity index (χ0v) is 13.2. The molecular weight excluding hydrogens is 284 g/mol. The number of ether oxygens (including phenoxy) is 1. The lowest BCUT2D eigenvalue weighted by molar-refractivity contribution is 0.102. The second-order valence-electron chi connectivity index (χ2n) is 5.12. The van der Waals surface area contributed by atoms with Crippen LogP contribution in [-0.4, -0.2) is 34.0 Å². The van der Waals surface area contributed by atoms with Crippen LogP contribution >= 0.6 is 0 Å². The molecule has 7 heteroatoms. The second kappa shape index (κ2) is 6.57. The van der Waals surface area contributed by atoms with E-state index in [1.165, 1.54) is 0 Å². The summed E-state index contributed by atoms with van der Waals surface area (Å²) in [7, 11) is 3.33. The molecule has 0 aliphatic heterocycles. The van der Waals surface area contributed by atoms with Gasteiger partial charge in [0.2, 0.25) is 0 Å². The third kappa shape index (κ3) is 3.25. The Bertz CT molecular complexity index is 746. The number of methoxy groups -OCH3 is 1. The Balaban J connectivity index is 2.37. The van der Waals surface area contributed by atoms with Gasteiger partial charge in [-0.05, 0) is 25.5 Å². The zero-order chi connectivity index (χ0) is 16.3. The summed E-state index contributed by atoms with van der Waals surface area (Å²) in [6.07, 6.45) is 1.72. The summed E-state index contributed by atoms with van der Waals surface area (Å²) in [5, 5.41) is 6.73. The number of anilines is 1. The highest BCUT2D eigenvalue weighted by Crippen LogP contribution is 2.09. The van der Waals surface area contributed by atoms with E-state index in [4.69, 9.17) is 4.74 Å². The first kappa shape index (κ1) is 16.0. The van der Waals surface area contributed by atoms with Crippen molar-refractivity contribution < 1.29 is 9.53 Å². The lowest BCUT2D eigenvalue weighted by atomic mass is 10.1. The van der Waals surface area contributed by atoms with Crippen molar-refractivity contribution in [2.45, 2.75) is 20.4 Å². The fourth-order valence-corrected chi connectivity index (χ4v) is 2.32. The fourth-order valence-electron chi connectivity index (χ4n) is 2.32. The standard InChI is InChI=1S/C15H20N4O3/c1-10-9-11(2)19(7-8-22-4)15(21)13(10)14(20)16-12-5-6-18(3)17-12/h5-6,9H,7-8H2,1-4H3,(H,16,17,20). The van der Waals surface area contributed by atoms with Crippen molar-refractivity contribution in [2.24, 2.45) is 7.05 Å². The van der Waals surface area contributed by atoms with Gasteiger partial charge in [-0.25, -0.2) is 0 Å². The van der Waals surface area contributed by atoms with Crippen molar-refractivity contribution >= 4 is 11.7 Å². The molecule has 0 aromatic carbocycles. The average molecular weight is 304 g/mol. The molecule has 2 heterocycles. The molecule has 0 saturated heterocycles. The van der Waals surface area contributed by atoms with E-state index in [1.807, 2.05) is 13.0 Å². The van der Waals surface area contributed by atoms with E-state index in [2.05, 4.69) is 10.4 Å². The summed E-state index contributed by atoms with van der Waals surface area (Å²) in [6, 6.07) is 3.50. The smallest absolute Gasteiger partial charge is 0.263 e. The number of aromatic nitrogens is 3. The van der Waals surface area contributed by atoms with Crippen LogP contribution in [0.2, 0.25) is 0 Å². The number of aryl methyl sites for hydroxylation is 3. The maximum absolute atomic E-state index is 12.6. The first-order valence-corrected chi connectivity index (χ1v) is 6.95. The highest BCUT2D eigenvalue weighted by Gasteiger charge is 2.18. The predicted molar refractivity (Wildman–Crippen MR) is 83.2 cm³/mol. The summed E-state index contributed by atoms with van der Waals surface area (Å²) >= 11 is 0. The maximum Gasteiger partial charge on any atom is 0.263 e. The molecule has 0 radical (unpaired) electrons. The van der Waals surface area contributed by atoms with Crippen LogP contribution in [0.25, 0.3) is 0 Å². The molecule has 2 aromatic rings. The van der Waals surface area contributed by atoms with E-state index >= 15 is 0 Å². The fraction of sp³-hybridized carbons (Fsp3) is 0.400. The van der Waals surface area contributed by atoms with Crippen molar-refractivity contribution in [3.05, 3.63) is 45.5 Å². The predicted octanol–water partition coefficient (Wildman–Crippen LogP) is 1.10. The monoisotopic (exact) mass is 304 g/mol. The van der Waals surface area contributed by atoms with Gasteiger partial charge >= 0.3 is 0 Å². The molecule has 0 spiro atoms. The topological polar surface area (TPSA) is 78.2 Å². The van der Waals surface area contributed by atoms with Crippen LogP contribution in [-0.2, 0) is 18.3 Å². The SMILES string of the molecule is COCCn1c(C)cc(C)c(C(=O)Nc2ccn(C)n2)c1=O. The Morgan fingerprint density at radius 1 is 1.41 bits per heavy atom. The number of nitrogens with zero attached hydrogens (tertiary/aromatic N) is 3. The molecule has 0 fully saturated rings. The molecule has 1 amide bonds. The molecule has 0 atom stereocenters. The van der Waals surface area contributed by atoms with Gasteiger partial charge in [0.1, 0.15) is 5.56 Å². The summed E-state index contributed by atoms with van der Waals surface area (Å²) in [5.74, 6) is -0.0392. The second-order valence-corrected chi connectivity index (χ2v) is 5.12. The molecule has 1 N–H and O–H groups in total. The van der Waals surface area contributed by atoms with Gasteiger partial charge in [-0.2, -0.15) is 5.10 Å². The van der Waals surface area contributed by atoms with Crippen molar-refractivity contribution in [2.75, 3.05) is 19.0 Å². The van der Waals surface area contributed by atoms with Gasteiger partial charge in [0.25, 0.3) is 11.5 Å². The van der Waals surface area contributed by atoms with Crippen molar-refractivity contribution in [3.63, 3.8) is 0 Å². The number of hydrogen-bond acceptors (Lipinski definition) is 4. The summed E-state index contributed by atoms with van der Waals surface area (Å²) in [5.41, 5.74) is 1.26. The van der Waals surface area contributed by atoms with E-state index < -0.39 is 5.91 Å². The molecule has 0 aliphatic rings. The van der Waals surface area contributed by atoms with Crippen LogP contribution in [0.1, 0.15) is 21.6 Å². The van der Waals surface area contributed by atoms with Crippen LogP contribution in [0.5, 0.6) is 0 Å². The third-order valence-corrected chi connectivity index (χ3v) is 3.41. The van der Waals surface area contributed by atoms with Gasteiger partial charge in [0.15, 0.2) is 5.82 Å². The minimum atomic E-state index is -0.452. The Morgan fingerprint density at radius 2 is 2.14 bits per heavy atom. The van der Waals surface area contributed by atoms with Crippen molar-refractivity contribution in [1.82, 2.24) is 14.3 Å². The first-order valence-electron chi connectivity index (χ1n) is 6.95. The van der Waals surface area contributed by atoms with Crippen LogP contribution in [0.15, 0.2) is 23.1 Å². The maximum atomic E-state index is 12.6. The molecule has 2 aromatic heterocycles. The molecule has 22 heavy (non-hydrogen) atoms. The first-order chi connectivity index (χ1) is 10.4. The van der Waals surface area contributed by atoms with Gasteiger partial charge in [-0.1, -0.05) is 0 Å². The Labute approximate surface area is 128 Å². The van der Waals surface area contributed by atoms with E-state index in [0.717, 1.165) is 5.69 Å². The number of carbonyl (C=O) groups excluding carboxylic acids is 1. The molecule has 0 bridgehead atoms. The number of pyridine rings is 1. The van der Waals surface area contributed by atoms with Gasteiger partial charge in [-0.3, -0.25) is 14.3 Å². The van der Waals surface area contributed by atoms with Crippen LogP contribution < -0.4 is 10.9 Å². The van der Waals surface area contributed by atoms with Gasteiger partial charge in [0, 0.05) is 38.7 Å². The van der Waals surface area contributed by atoms with Gasteiger partial charge in [0.05, 0.1) is 6.61 Å². The van der Waals surface area contributed by atoms with Gasteiger partial charge < -0.3 is 14.6 Å². The Hall–Kier alpha value is -2.41. The average Bonchev–Trinajstić information content (AvgIpc) is 2.83. The molecule has 118 valence electrons. The minimum absolute atomic E-state index is 0.132. The third-order valence-electron chi connectivity index (χ3n) is 3.41. The van der Waals surface area contributed by atoms with E-state index in [9.17, 15) is 9.59 Å². The van der Waals surface area contributed by atoms with Crippen LogP contribution in [0.4, 0.5) is 5.82 Å². The van der Waals surface area contributed by atoms with Gasteiger partial charge in [-0.15, -0.1) is 0 Å². The molecule has 0 aliphatic carbocycles. The lowest BCUT2D eigenvalue weighted by Gasteiger charge is -2.13.